The van der Waals surface area contributed by atoms with Gasteiger partial charge in [-0.3, -0.25) is 0 Å². The van der Waals surface area contributed by atoms with E-state index in [9.17, 15) is 0 Å². The van der Waals surface area contributed by atoms with E-state index in [0.29, 0.717) is 5.92 Å². The van der Waals surface area contributed by atoms with E-state index in [1.54, 1.807) is 0 Å². The van der Waals surface area contributed by atoms with Gasteiger partial charge in [0.2, 0.25) is 0 Å². The standard InChI is InChI=1S/C10H19ClO/c1-3-4-8-12-9-6-10(2)5-7-11/h3,10H,1,4-9H2,2H3. The molecule has 0 bridgehead atoms. The van der Waals surface area contributed by atoms with E-state index in [-0.39, 0.29) is 0 Å². The Kier molecular flexibility index (Phi) is 9.07. The fourth-order valence-electron chi connectivity index (χ4n) is 0.884. The molecular formula is C10H19ClO. The van der Waals surface area contributed by atoms with Gasteiger partial charge in [0.15, 0.2) is 0 Å². The van der Waals surface area contributed by atoms with Crippen molar-refractivity contribution < 1.29 is 4.74 Å². The first-order valence-corrected chi connectivity index (χ1v) is 5.09. The van der Waals surface area contributed by atoms with E-state index in [1.807, 2.05) is 6.08 Å². The molecule has 12 heavy (non-hydrogen) atoms. The van der Waals surface area contributed by atoms with Crippen LogP contribution in [0, 0.1) is 5.92 Å². The van der Waals surface area contributed by atoms with E-state index in [2.05, 4.69) is 13.5 Å². The maximum atomic E-state index is 5.60. The lowest BCUT2D eigenvalue weighted by atomic mass is 10.1. The average Bonchev–Trinajstić information content (AvgIpc) is 2.05. The quantitative estimate of drug-likeness (QED) is 0.325. The van der Waals surface area contributed by atoms with Gasteiger partial charge in [-0.2, -0.15) is 0 Å². The first-order valence-electron chi connectivity index (χ1n) is 4.55. The zero-order valence-corrected chi connectivity index (χ0v) is 8.65. The van der Waals surface area contributed by atoms with Crippen LogP contribution in [0.5, 0.6) is 0 Å². The Labute approximate surface area is 80.8 Å². The van der Waals surface area contributed by atoms with Gasteiger partial charge in [0.1, 0.15) is 0 Å². The predicted octanol–water partition coefficient (Wildman–Crippen LogP) is 3.23. The van der Waals surface area contributed by atoms with Crippen LogP contribution in [0.4, 0.5) is 0 Å². The molecule has 0 aromatic carbocycles. The second-order valence-corrected chi connectivity index (χ2v) is 3.44. The molecule has 1 nitrogen and oxygen atoms in total. The third-order valence-corrected chi connectivity index (χ3v) is 2.04. The molecule has 1 unspecified atom stereocenters. The molecule has 0 N–H and O–H groups in total. The van der Waals surface area contributed by atoms with Crippen LogP contribution in [0.15, 0.2) is 12.7 Å². The smallest absolute Gasteiger partial charge is 0.0500 e. The van der Waals surface area contributed by atoms with Gasteiger partial charge < -0.3 is 4.74 Å². The third kappa shape index (κ3) is 8.09. The molecular weight excluding hydrogens is 172 g/mol. The third-order valence-electron chi connectivity index (χ3n) is 1.82. The number of hydrogen-bond donors (Lipinski definition) is 0. The summed E-state index contributed by atoms with van der Waals surface area (Å²) in [4.78, 5) is 0. The summed E-state index contributed by atoms with van der Waals surface area (Å²) in [6.45, 7) is 7.49. The van der Waals surface area contributed by atoms with Crippen molar-refractivity contribution in [1.82, 2.24) is 0 Å². The second kappa shape index (κ2) is 9.08. The maximum Gasteiger partial charge on any atom is 0.0500 e. The molecule has 0 saturated carbocycles. The Morgan fingerprint density at radius 1 is 1.42 bits per heavy atom. The number of hydrogen-bond acceptors (Lipinski definition) is 1. The summed E-state index contributed by atoms with van der Waals surface area (Å²) in [6, 6.07) is 0. The summed E-state index contributed by atoms with van der Waals surface area (Å²) in [5, 5.41) is 0. The zero-order chi connectivity index (χ0) is 9.23. The van der Waals surface area contributed by atoms with Gasteiger partial charge in [-0.1, -0.05) is 13.0 Å². The first kappa shape index (κ1) is 12.0. The number of rotatable bonds is 8. The molecule has 0 amide bonds. The van der Waals surface area contributed by atoms with Crippen molar-refractivity contribution in [3.05, 3.63) is 12.7 Å². The van der Waals surface area contributed by atoms with E-state index in [4.69, 9.17) is 16.3 Å². The average molecular weight is 191 g/mol. The van der Waals surface area contributed by atoms with Crippen molar-refractivity contribution in [2.75, 3.05) is 19.1 Å². The number of halogens is 1. The van der Waals surface area contributed by atoms with Crippen LogP contribution in [-0.4, -0.2) is 19.1 Å². The van der Waals surface area contributed by atoms with Crippen molar-refractivity contribution in [1.29, 1.82) is 0 Å². The molecule has 0 aliphatic rings. The molecule has 0 aliphatic carbocycles. The van der Waals surface area contributed by atoms with Gasteiger partial charge in [0, 0.05) is 19.1 Å². The van der Waals surface area contributed by atoms with Crippen LogP contribution in [0.2, 0.25) is 0 Å². The Hall–Kier alpha value is -0.0100. The molecule has 0 spiro atoms. The zero-order valence-electron chi connectivity index (χ0n) is 7.89. The molecule has 0 rings (SSSR count). The van der Waals surface area contributed by atoms with Crippen molar-refractivity contribution in [2.24, 2.45) is 5.92 Å². The Morgan fingerprint density at radius 3 is 2.75 bits per heavy atom. The summed E-state index contributed by atoms with van der Waals surface area (Å²) in [5.41, 5.74) is 0. The molecule has 0 saturated heterocycles. The second-order valence-electron chi connectivity index (χ2n) is 3.06. The van der Waals surface area contributed by atoms with Crippen LogP contribution >= 0.6 is 11.6 Å². The normalized spacial score (nSPS) is 12.8. The van der Waals surface area contributed by atoms with Gasteiger partial charge in [-0.15, -0.1) is 18.2 Å². The van der Waals surface area contributed by atoms with E-state index in [0.717, 1.165) is 38.4 Å². The summed E-state index contributed by atoms with van der Waals surface area (Å²) in [6.07, 6.45) is 5.03. The molecule has 0 fully saturated rings. The lowest BCUT2D eigenvalue weighted by Crippen LogP contribution is -2.03. The van der Waals surface area contributed by atoms with Crippen LogP contribution in [0.25, 0.3) is 0 Å². The Balaban J connectivity index is 3.02. The Bertz CT molecular complexity index is 104. The minimum atomic E-state index is 0.686. The fraction of sp³-hybridized carbons (Fsp3) is 0.800. The van der Waals surface area contributed by atoms with Crippen molar-refractivity contribution in [3.63, 3.8) is 0 Å². The lowest BCUT2D eigenvalue weighted by Gasteiger charge is -2.08. The van der Waals surface area contributed by atoms with Crippen LogP contribution in [0.1, 0.15) is 26.2 Å². The highest BCUT2D eigenvalue weighted by atomic mass is 35.5. The van der Waals surface area contributed by atoms with Crippen molar-refractivity contribution in [3.8, 4) is 0 Å². The number of alkyl halides is 1. The van der Waals surface area contributed by atoms with E-state index >= 15 is 0 Å². The van der Waals surface area contributed by atoms with E-state index < -0.39 is 0 Å². The monoisotopic (exact) mass is 190 g/mol. The molecule has 2 heteroatoms. The topological polar surface area (TPSA) is 9.23 Å². The Morgan fingerprint density at radius 2 is 2.17 bits per heavy atom. The molecule has 0 radical (unpaired) electrons. The molecule has 0 heterocycles. The highest BCUT2D eigenvalue weighted by Gasteiger charge is 1.99. The highest BCUT2D eigenvalue weighted by molar-refractivity contribution is 6.17. The fourth-order valence-corrected chi connectivity index (χ4v) is 1.26. The predicted molar refractivity (Wildman–Crippen MR) is 54.8 cm³/mol. The molecule has 0 aromatic heterocycles. The van der Waals surface area contributed by atoms with Gasteiger partial charge in [-0.05, 0) is 25.2 Å². The van der Waals surface area contributed by atoms with Crippen LogP contribution in [-0.2, 0) is 4.74 Å². The first-order chi connectivity index (χ1) is 5.81. The lowest BCUT2D eigenvalue weighted by molar-refractivity contribution is 0.125. The minimum absolute atomic E-state index is 0.686. The maximum absolute atomic E-state index is 5.60. The van der Waals surface area contributed by atoms with Crippen LogP contribution < -0.4 is 0 Å². The van der Waals surface area contributed by atoms with Gasteiger partial charge in [0.25, 0.3) is 0 Å². The molecule has 1 atom stereocenters. The van der Waals surface area contributed by atoms with Gasteiger partial charge in [0.05, 0.1) is 0 Å². The van der Waals surface area contributed by atoms with E-state index in [1.165, 1.54) is 0 Å². The summed E-state index contributed by atoms with van der Waals surface area (Å²) >= 11 is 5.60. The summed E-state index contributed by atoms with van der Waals surface area (Å²) in [5.74, 6) is 1.44. The number of ether oxygens (including phenoxy) is 1. The largest absolute Gasteiger partial charge is 0.381 e. The van der Waals surface area contributed by atoms with Gasteiger partial charge >= 0.3 is 0 Å². The summed E-state index contributed by atoms with van der Waals surface area (Å²) in [7, 11) is 0. The SMILES string of the molecule is C=CCCOCCC(C)CCCl. The van der Waals surface area contributed by atoms with Gasteiger partial charge in [-0.25, -0.2) is 0 Å². The van der Waals surface area contributed by atoms with Crippen LogP contribution in [0.3, 0.4) is 0 Å². The molecule has 0 aliphatic heterocycles. The highest BCUT2D eigenvalue weighted by Crippen LogP contribution is 2.08. The molecule has 72 valence electrons. The van der Waals surface area contributed by atoms with Crippen molar-refractivity contribution in [2.45, 2.75) is 26.2 Å². The van der Waals surface area contributed by atoms with Crippen molar-refractivity contribution >= 4 is 11.6 Å². The summed E-state index contributed by atoms with van der Waals surface area (Å²) < 4.78 is 5.38. The minimum Gasteiger partial charge on any atom is -0.381 e. The molecule has 0 aromatic rings.